The maximum absolute atomic E-state index is 12.5. The van der Waals surface area contributed by atoms with Gasteiger partial charge in [0.2, 0.25) is 10.0 Å². The van der Waals surface area contributed by atoms with E-state index in [1.54, 1.807) is 13.1 Å². The summed E-state index contributed by atoms with van der Waals surface area (Å²) in [4.78, 5) is 0.0747. The predicted molar refractivity (Wildman–Crippen MR) is 85.5 cm³/mol. The first-order valence-electron chi connectivity index (χ1n) is 6.89. The monoisotopic (exact) mass is 334 g/mol. The third-order valence-electron chi connectivity index (χ3n) is 3.04. The summed E-state index contributed by atoms with van der Waals surface area (Å²) in [5.74, 6) is 0.324. The van der Waals surface area contributed by atoms with Crippen LogP contribution in [0.3, 0.4) is 0 Å². The zero-order chi connectivity index (χ0) is 16.0. The van der Waals surface area contributed by atoms with E-state index in [0.29, 0.717) is 22.9 Å². The summed E-state index contributed by atoms with van der Waals surface area (Å²) < 4.78 is 33.0. The maximum Gasteiger partial charge on any atom is 0.244 e. The summed E-state index contributed by atoms with van der Waals surface area (Å²) in [6.07, 6.45) is 1.67. The Balaban J connectivity index is 3.27. The molecule has 0 heterocycles. The van der Waals surface area contributed by atoms with Gasteiger partial charge in [0.05, 0.1) is 7.11 Å². The molecule has 0 amide bonds. The standard InChI is InChI=1S/C14H23ClN2O3S/c1-5-6-10(2)17-21(18,19)13-8-12(15)7-11(9-16-3)14(13)20-4/h7-8,10,16-17H,5-6,9H2,1-4H3. The average Bonchev–Trinajstić information content (AvgIpc) is 2.38. The average molecular weight is 335 g/mol. The second-order valence-electron chi connectivity index (χ2n) is 4.94. The normalized spacial score (nSPS) is 13.2. The van der Waals surface area contributed by atoms with Crippen LogP contribution in [0.25, 0.3) is 0 Å². The second-order valence-corrected chi connectivity index (χ2v) is 7.06. The molecule has 0 aliphatic carbocycles. The number of methoxy groups -OCH3 is 1. The van der Waals surface area contributed by atoms with Crippen LogP contribution in [0.1, 0.15) is 32.3 Å². The van der Waals surface area contributed by atoms with Crippen molar-refractivity contribution >= 4 is 21.6 Å². The van der Waals surface area contributed by atoms with Gasteiger partial charge in [-0.1, -0.05) is 24.9 Å². The summed E-state index contributed by atoms with van der Waals surface area (Å²) >= 11 is 6.04. The Labute approximate surface area is 132 Å². The predicted octanol–water partition coefficient (Wildman–Crippen LogP) is 2.53. The van der Waals surface area contributed by atoms with Crippen LogP contribution in [0.5, 0.6) is 5.75 Å². The van der Waals surface area contributed by atoms with Crippen LogP contribution in [-0.2, 0) is 16.6 Å². The van der Waals surface area contributed by atoms with Gasteiger partial charge in [0.1, 0.15) is 10.6 Å². The van der Waals surface area contributed by atoms with Crippen LogP contribution in [-0.4, -0.2) is 28.6 Å². The lowest BCUT2D eigenvalue weighted by Gasteiger charge is -2.17. The van der Waals surface area contributed by atoms with E-state index in [4.69, 9.17) is 16.3 Å². The molecule has 1 aromatic carbocycles. The van der Waals surface area contributed by atoms with Crippen molar-refractivity contribution in [3.8, 4) is 5.75 Å². The van der Waals surface area contributed by atoms with Crippen molar-refractivity contribution in [3.05, 3.63) is 22.7 Å². The van der Waals surface area contributed by atoms with E-state index >= 15 is 0 Å². The highest BCUT2D eigenvalue weighted by Crippen LogP contribution is 2.32. The summed E-state index contributed by atoms with van der Waals surface area (Å²) in [6, 6.07) is 2.97. The number of hydrogen-bond acceptors (Lipinski definition) is 4. The highest BCUT2D eigenvalue weighted by atomic mass is 35.5. The first-order valence-corrected chi connectivity index (χ1v) is 8.75. The molecule has 0 aliphatic heterocycles. The van der Waals surface area contributed by atoms with Gasteiger partial charge in [0.15, 0.2) is 0 Å². The zero-order valence-corrected chi connectivity index (χ0v) is 14.4. The van der Waals surface area contributed by atoms with E-state index in [-0.39, 0.29) is 10.9 Å². The van der Waals surface area contributed by atoms with E-state index < -0.39 is 10.0 Å². The Kier molecular flexibility index (Phi) is 6.93. The van der Waals surface area contributed by atoms with Gasteiger partial charge in [-0.3, -0.25) is 0 Å². The molecule has 120 valence electrons. The fourth-order valence-corrected chi connectivity index (χ4v) is 4.02. The fraction of sp³-hybridized carbons (Fsp3) is 0.571. The van der Waals surface area contributed by atoms with E-state index in [0.717, 1.165) is 12.8 Å². The van der Waals surface area contributed by atoms with E-state index in [9.17, 15) is 8.42 Å². The molecular formula is C14H23ClN2O3S. The third kappa shape index (κ3) is 4.85. The molecule has 1 aromatic rings. The van der Waals surface area contributed by atoms with Crippen LogP contribution in [0, 0.1) is 0 Å². The second kappa shape index (κ2) is 7.98. The summed E-state index contributed by atoms with van der Waals surface area (Å²) in [5.41, 5.74) is 0.705. The van der Waals surface area contributed by atoms with Gasteiger partial charge in [-0.15, -0.1) is 0 Å². The molecular weight excluding hydrogens is 312 g/mol. The number of halogens is 1. The Morgan fingerprint density at radius 3 is 2.57 bits per heavy atom. The smallest absolute Gasteiger partial charge is 0.244 e. The number of rotatable bonds is 8. The minimum Gasteiger partial charge on any atom is -0.495 e. The van der Waals surface area contributed by atoms with Crippen LogP contribution in [0.15, 0.2) is 17.0 Å². The van der Waals surface area contributed by atoms with Crippen molar-refractivity contribution in [3.63, 3.8) is 0 Å². The van der Waals surface area contributed by atoms with Gasteiger partial charge in [-0.2, -0.15) is 0 Å². The Bertz CT molecular complexity index is 576. The summed E-state index contributed by atoms with van der Waals surface area (Å²) in [7, 11) is -0.446. The van der Waals surface area contributed by atoms with Gasteiger partial charge in [0.25, 0.3) is 0 Å². The zero-order valence-electron chi connectivity index (χ0n) is 12.9. The molecule has 0 spiro atoms. The number of benzene rings is 1. The van der Waals surface area contributed by atoms with Crippen molar-refractivity contribution in [2.75, 3.05) is 14.2 Å². The molecule has 0 radical (unpaired) electrons. The fourth-order valence-electron chi connectivity index (χ4n) is 2.20. The van der Waals surface area contributed by atoms with Crippen LogP contribution < -0.4 is 14.8 Å². The molecule has 1 atom stereocenters. The SMILES string of the molecule is CCCC(C)NS(=O)(=O)c1cc(Cl)cc(CNC)c1OC. The number of nitrogens with one attached hydrogen (secondary N) is 2. The van der Waals surface area contributed by atoms with Crippen molar-refractivity contribution in [2.24, 2.45) is 0 Å². The molecule has 2 N–H and O–H groups in total. The Morgan fingerprint density at radius 2 is 2.05 bits per heavy atom. The van der Waals surface area contributed by atoms with Crippen LogP contribution in [0.4, 0.5) is 0 Å². The molecule has 0 aliphatic rings. The van der Waals surface area contributed by atoms with E-state index in [2.05, 4.69) is 10.0 Å². The van der Waals surface area contributed by atoms with Crippen molar-refractivity contribution in [1.82, 2.24) is 10.0 Å². The first-order chi connectivity index (χ1) is 9.85. The van der Waals surface area contributed by atoms with Gasteiger partial charge < -0.3 is 10.1 Å². The molecule has 0 saturated carbocycles. The summed E-state index contributed by atoms with van der Waals surface area (Å²) in [6.45, 7) is 4.32. The van der Waals surface area contributed by atoms with Crippen molar-refractivity contribution in [2.45, 2.75) is 44.2 Å². The lowest BCUT2D eigenvalue weighted by molar-refractivity contribution is 0.395. The Morgan fingerprint density at radius 1 is 1.38 bits per heavy atom. The quantitative estimate of drug-likeness (QED) is 0.766. The van der Waals surface area contributed by atoms with Gasteiger partial charge in [0, 0.05) is 23.2 Å². The molecule has 0 aromatic heterocycles. The molecule has 0 saturated heterocycles. The first kappa shape index (κ1) is 18.2. The molecule has 5 nitrogen and oxygen atoms in total. The van der Waals surface area contributed by atoms with Crippen LogP contribution in [0.2, 0.25) is 5.02 Å². The Hall–Kier alpha value is -0.820. The third-order valence-corrected chi connectivity index (χ3v) is 4.85. The summed E-state index contributed by atoms with van der Waals surface area (Å²) in [5, 5.41) is 3.34. The van der Waals surface area contributed by atoms with Crippen LogP contribution >= 0.6 is 11.6 Å². The van der Waals surface area contributed by atoms with E-state index in [1.807, 2.05) is 13.8 Å². The van der Waals surface area contributed by atoms with Crippen molar-refractivity contribution in [1.29, 1.82) is 0 Å². The lowest BCUT2D eigenvalue weighted by Crippen LogP contribution is -2.32. The highest BCUT2D eigenvalue weighted by Gasteiger charge is 2.24. The minimum atomic E-state index is -3.68. The highest BCUT2D eigenvalue weighted by molar-refractivity contribution is 7.89. The lowest BCUT2D eigenvalue weighted by atomic mass is 10.2. The minimum absolute atomic E-state index is 0.0747. The van der Waals surface area contributed by atoms with Gasteiger partial charge >= 0.3 is 0 Å². The number of ether oxygens (including phenoxy) is 1. The molecule has 0 bridgehead atoms. The topological polar surface area (TPSA) is 67.4 Å². The van der Waals surface area contributed by atoms with Crippen molar-refractivity contribution < 1.29 is 13.2 Å². The largest absolute Gasteiger partial charge is 0.495 e. The molecule has 1 unspecified atom stereocenters. The molecule has 1 rings (SSSR count). The molecule has 0 fully saturated rings. The molecule has 7 heteroatoms. The van der Waals surface area contributed by atoms with Gasteiger partial charge in [-0.25, -0.2) is 13.1 Å². The van der Waals surface area contributed by atoms with E-state index in [1.165, 1.54) is 13.2 Å². The number of sulfonamides is 1. The van der Waals surface area contributed by atoms with Gasteiger partial charge in [-0.05, 0) is 32.5 Å². The molecule has 21 heavy (non-hydrogen) atoms. The number of hydrogen-bond donors (Lipinski definition) is 2. The maximum atomic E-state index is 12.5.